The molecule has 1 aromatic heterocycles. The standard InChI is InChI=1S/C25H22ClN3O2S/c1-3-31-25(30)22-16(2)28-24(19-12-8-9-15-27-19)29-23(22)17-10-4-6-13-20(17)32-21-14-7-5-11-18(21)26/h4-15,23H,3H2,1-2H3,(H,28,29). The number of nitrogens with zero attached hydrogens (tertiary/aromatic N) is 2. The van der Waals surface area contributed by atoms with Crippen molar-refractivity contribution in [2.75, 3.05) is 6.61 Å². The lowest BCUT2D eigenvalue weighted by Gasteiger charge is -2.27. The van der Waals surface area contributed by atoms with E-state index in [9.17, 15) is 4.79 Å². The zero-order chi connectivity index (χ0) is 22.5. The lowest BCUT2D eigenvalue weighted by molar-refractivity contribution is -0.138. The van der Waals surface area contributed by atoms with Gasteiger partial charge in [-0.25, -0.2) is 4.79 Å². The molecule has 0 radical (unpaired) electrons. The molecule has 2 aromatic carbocycles. The van der Waals surface area contributed by atoms with Gasteiger partial charge in [-0.05, 0) is 49.7 Å². The van der Waals surface area contributed by atoms with Crippen LogP contribution in [0.5, 0.6) is 0 Å². The monoisotopic (exact) mass is 463 g/mol. The maximum atomic E-state index is 12.9. The van der Waals surface area contributed by atoms with Crippen LogP contribution in [0.3, 0.4) is 0 Å². The van der Waals surface area contributed by atoms with Crippen molar-refractivity contribution in [3.63, 3.8) is 0 Å². The summed E-state index contributed by atoms with van der Waals surface area (Å²) >= 11 is 7.96. The first kappa shape index (κ1) is 22.1. The number of esters is 1. The molecule has 1 unspecified atom stereocenters. The normalized spacial score (nSPS) is 15.7. The van der Waals surface area contributed by atoms with E-state index in [-0.39, 0.29) is 12.6 Å². The Balaban J connectivity index is 1.82. The van der Waals surface area contributed by atoms with Crippen LogP contribution in [0.4, 0.5) is 0 Å². The molecule has 1 aliphatic rings. The number of aromatic nitrogens is 1. The van der Waals surface area contributed by atoms with Crippen LogP contribution in [0.2, 0.25) is 5.02 Å². The Hall–Kier alpha value is -3.09. The van der Waals surface area contributed by atoms with Gasteiger partial charge in [0.1, 0.15) is 11.7 Å². The van der Waals surface area contributed by atoms with Gasteiger partial charge in [0.25, 0.3) is 0 Å². The SMILES string of the molecule is CCOC(=O)C1=C(C)NC(c2ccccn2)=NC1c1ccccc1Sc1ccccc1Cl. The summed E-state index contributed by atoms with van der Waals surface area (Å²) in [5.41, 5.74) is 2.78. The van der Waals surface area contributed by atoms with Crippen LogP contribution in [0.15, 0.2) is 99.0 Å². The van der Waals surface area contributed by atoms with E-state index in [1.54, 1.807) is 24.9 Å². The average Bonchev–Trinajstić information content (AvgIpc) is 2.81. The smallest absolute Gasteiger partial charge is 0.338 e. The summed E-state index contributed by atoms with van der Waals surface area (Å²) in [4.78, 5) is 24.2. The van der Waals surface area contributed by atoms with Gasteiger partial charge in [0.15, 0.2) is 5.84 Å². The highest BCUT2D eigenvalue weighted by molar-refractivity contribution is 7.99. The molecule has 5 nitrogen and oxygen atoms in total. The number of nitrogens with one attached hydrogen (secondary N) is 1. The second kappa shape index (κ2) is 10.0. The number of benzene rings is 2. The molecule has 2 heterocycles. The summed E-state index contributed by atoms with van der Waals surface area (Å²) in [6.45, 7) is 3.94. The van der Waals surface area contributed by atoms with Crippen molar-refractivity contribution in [3.05, 3.63) is 100 Å². The zero-order valence-electron chi connectivity index (χ0n) is 17.7. The minimum absolute atomic E-state index is 0.287. The van der Waals surface area contributed by atoms with E-state index in [0.29, 0.717) is 27.8 Å². The van der Waals surface area contributed by atoms with E-state index in [1.807, 2.05) is 73.7 Å². The van der Waals surface area contributed by atoms with E-state index in [4.69, 9.17) is 21.3 Å². The summed E-state index contributed by atoms with van der Waals surface area (Å²) in [5, 5.41) is 3.91. The molecule has 0 spiro atoms. The minimum atomic E-state index is -0.543. The highest BCUT2D eigenvalue weighted by atomic mass is 35.5. The highest BCUT2D eigenvalue weighted by Crippen LogP contribution is 2.41. The number of hydrogen-bond acceptors (Lipinski definition) is 6. The predicted molar refractivity (Wildman–Crippen MR) is 128 cm³/mol. The first-order chi connectivity index (χ1) is 15.6. The van der Waals surface area contributed by atoms with Crippen LogP contribution in [-0.4, -0.2) is 23.4 Å². The molecule has 0 bridgehead atoms. The van der Waals surface area contributed by atoms with Crippen LogP contribution < -0.4 is 5.32 Å². The van der Waals surface area contributed by atoms with Gasteiger partial charge in [-0.2, -0.15) is 0 Å². The van der Waals surface area contributed by atoms with Crippen molar-refractivity contribution in [1.82, 2.24) is 10.3 Å². The lowest BCUT2D eigenvalue weighted by Crippen LogP contribution is -2.33. The zero-order valence-corrected chi connectivity index (χ0v) is 19.3. The number of ether oxygens (including phenoxy) is 1. The van der Waals surface area contributed by atoms with Gasteiger partial charge in [-0.1, -0.05) is 59.8 Å². The van der Waals surface area contributed by atoms with E-state index in [2.05, 4.69) is 10.3 Å². The Morgan fingerprint density at radius 1 is 1.06 bits per heavy atom. The third kappa shape index (κ3) is 4.71. The molecule has 0 saturated carbocycles. The van der Waals surface area contributed by atoms with Gasteiger partial charge >= 0.3 is 5.97 Å². The van der Waals surface area contributed by atoms with Crippen molar-refractivity contribution < 1.29 is 9.53 Å². The van der Waals surface area contributed by atoms with E-state index >= 15 is 0 Å². The van der Waals surface area contributed by atoms with E-state index in [0.717, 1.165) is 15.4 Å². The number of hydrogen-bond donors (Lipinski definition) is 1. The number of allylic oxidation sites excluding steroid dienone is 1. The molecule has 0 saturated heterocycles. The molecular weight excluding hydrogens is 442 g/mol. The number of carbonyl (C=O) groups excluding carboxylic acids is 1. The molecule has 32 heavy (non-hydrogen) atoms. The van der Waals surface area contributed by atoms with Crippen molar-refractivity contribution in [2.24, 2.45) is 4.99 Å². The Morgan fingerprint density at radius 2 is 1.78 bits per heavy atom. The molecule has 0 fully saturated rings. The Bertz CT molecular complexity index is 1190. The third-order valence-electron chi connectivity index (χ3n) is 4.91. The van der Waals surface area contributed by atoms with Crippen LogP contribution in [0.1, 0.15) is 31.1 Å². The average molecular weight is 464 g/mol. The fraction of sp³-hybridized carbons (Fsp3) is 0.160. The van der Waals surface area contributed by atoms with Gasteiger partial charge in [0.2, 0.25) is 0 Å². The summed E-state index contributed by atoms with van der Waals surface area (Å²) in [7, 11) is 0. The predicted octanol–water partition coefficient (Wildman–Crippen LogP) is 5.81. The fourth-order valence-electron chi connectivity index (χ4n) is 3.45. The summed E-state index contributed by atoms with van der Waals surface area (Å²) in [6.07, 6.45) is 1.72. The number of carbonyl (C=O) groups is 1. The quantitative estimate of drug-likeness (QED) is 0.467. The lowest BCUT2D eigenvalue weighted by atomic mass is 9.95. The fourth-order valence-corrected chi connectivity index (χ4v) is 4.70. The van der Waals surface area contributed by atoms with Gasteiger partial charge in [-0.15, -0.1) is 0 Å². The summed E-state index contributed by atoms with van der Waals surface area (Å²) in [6, 6.07) is 20.7. The highest BCUT2D eigenvalue weighted by Gasteiger charge is 2.32. The van der Waals surface area contributed by atoms with Gasteiger partial charge in [-0.3, -0.25) is 9.98 Å². The van der Waals surface area contributed by atoms with E-state index < -0.39 is 6.04 Å². The van der Waals surface area contributed by atoms with Crippen molar-refractivity contribution in [1.29, 1.82) is 0 Å². The number of aliphatic imine (C=N–C) groups is 1. The van der Waals surface area contributed by atoms with Crippen molar-refractivity contribution in [2.45, 2.75) is 29.7 Å². The Morgan fingerprint density at radius 3 is 2.50 bits per heavy atom. The summed E-state index contributed by atoms with van der Waals surface area (Å²) < 4.78 is 5.37. The van der Waals surface area contributed by atoms with E-state index in [1.165, 1.54) is 0 Å². The first-order valence-corrected chi connectivity index (χ1v) is 11.4. The Labute approximate surface area is 196 Å². The topological polar surface area (TPSA) is 63.6 Å². The molecule has 4 rings (SSSR count). The molecule has 162 valence electrons. The maximum Gasteiger partial charge on any atom is 0.338 e. The minimum Gasteiger partial charge on any atom is -0.463 e. The molecule has 3 aromatic rings. The second-order valence-electron chi connectivity index (χ2n) is 7.05. The van der Waals surface area contributed by atoms with Crippen LogP contribution in [0.25, 0.3) is 0 Å². The molecule has 1 N–H and O–H groups in total. The van der Waals surface area contributed by atoms with Crippen LogP contribution in [-0.2, 0) is 9.53 Å². The van der Waals surface area contributed by atoms with Gasteiger partial charge < -0.3 is 10.1 Å². The number of rotatable bonds is 6. The molecule has 0 amide bonds. The number of halogens is 1. The van der Waals surface area contributed by atoms with Crippen molar-refractivity contribution >= 4 is 35.2 Å². The first-order valence-electron chi connectivity index (χ1n) is 10.2. The van der Waals surface area contributed by atoms with Gasteiger partial charge in [0, 0.05) is 21.7 Å². The number of amidine groups is 1. The third-order valence-corrected chi connectivity index (χ3v) is 6.52. The largest absolute Gasteiger partial charge is 0.463 e. The summed E-state index contributed by atoms with van der Waals surface area (Å²) in [5.74, 6) is 0.225. The van der Waals surface area contributed by atoms with Gasteiger partial charge in [0.05, 0.1) is 17.2 Å². The van der Waals surface area contributed by atoms with Crippen LogP contribution in [0, 0.1) is 0 Å². The Kier molecular flexibility index (Phi) is 6.93. The second-order valence-corrected chi connectivity index (χ2v) is 8.54. The molecule has 0 aliphatic carbocycles. The van der Waals surface area contributed by atoms with Crippen molar-refractivity contribution in [3.8, 4) is 0 Å². The molecule has 7 heteroatoms. The maximum absolute atomic E-state index is 12.9. The molecule has 1 aliphatic heterocycles. The molecule has 1 atom stereocenters. The number of pyridine rings is 1. The van der Waals surface area contributed by atoms with Crippen LogP contribution >= 0.6 is 23.4 Å². The molecular formula is C25H22ClN3O2S.